The Morgan fingerprint density at radius 2 is 2.33 bits per heavy atom. The van der Waals surface area contributed by atoms with Crippen molar-refractivity contribution in [1.82, 2.24) is 0 Å². The Labute approximate surface area is 36.8 Å². The van der Waals surface area contributed by atoms with E-state index in [9.17, 15) is 0 Å². The SMILES string of the molecule is N=C(N)[CH]CN. The van der Waals surface area contributed by atoms with E-state index in [-0.39, 0.29) is 5.84 Å². The molecule has 0 saturated heterocycles. The maximum atomic E-state index is 6.54. The van der Waals surface area contributed by atoms with Gasteiger partial charge in [-0.05, 0) is 0 Å². The highest BCUT2D eigenvalue weighted by atomic mass is 14.7. The van der Waals surface area contributed by atoms with Crippen LogP contribution in [0.2, 0.25) is 0 Å². The van der Waals surface area contributed by atoms with E-state index >= 15 is 0 Å². The van der Waals surface area contributed by atoms with Crippen LogP contribution in [0, 0.1) is 11.8 Å². The largest absolute Gasteiger partial charge is 0.387 e. The van der Waals surface area contributed by atoms with Gasteiger partial charge in [0.1, 0.15) is 0 Å². The van der Waals surface area contributed by atoms with Crippen LogP contribution in [-0.2, 0) is 0 Å². The molecule has 0 aliphatic rings. The smallest absolute Gasteiger partial charge is 0.0957 e. The second kappa shape index (κ2) is 2.66. The zero-order chi connectivity index (χ0) is 4.99. The third-order valence-corrected chi connectivity index (χ3v) is 0.338. The normalized spacial score (nSPS) is 8.17. The number of nitrogens with one attached hydrogen (secondary N) is 1. The molecule has 0 aliphatic carbocycles. The molecule has 0 aromatic heterocycles. The molecule has 0 saturated carbocycles. The van der Waals surface area contributed by atoms with Gasteiger partial charge in [0.25, 0.3) is 0 Å². The van der Waals surface area contributed by atoms with Crippen molar-refractivity contribution in [1.29, 1.82) is 5.41 Å². The molecule has 0 aliphatic heterocycles. The third-order valence-electron chi connectivity index (χ3n) is 0.338. The lowest BCUT2D eigenvalue weighted by Crippen LogP contribution is -2.15. The number of hydrogen-bond donors (Lipinski definition) is 3. The fraction of sp³-hybridized carbons (Fsp3) is 0.333. The summed E-state index contributed by atoms with van der Waals surface area (Å²) >= 11 is 0. The van der Waals surface area contributed by atoms with Gasteiger partial charge in [0.15, 0.2) is 0 Å². The van der Waals surface area contributed by atoms with Crippen LogP contribution in [0.4, 0.5) is 0 Å². The van der Waals surface area contributed by atoms with Crippen LogP contribution >= 0.6 is 0 Å². The van der Waals surface area contributed by atoms with E-state index in [0.29, 0.717) is 6.54 Å². The minimum Gasteiger partial charge on any atom is -0.387 e. The van der Waals surface area contributed by atoms with Crippen molar-refractivity contribution in [2.75, 3.05) is 6.54 Å². The minimum atomic E-state index is 0.0394. The molecule has 5 N–H and O–H groups in total. The Morgan fingerprint density at radius 3 is 2.33 bits per heavy atom. The Balaban J connectivity index is 2.83. The van der Waals surface area contributed by atoms with Gasteiger partial charge in [-0.1, -0.05) is 0 Å². The van der Waals surface area contributed by atoms with Crippen molar-refractivity contribution < 1.29 is 0 Å². The molecule has 0 amide bonds. The first kappa shape index (κ1) is 5.43. The monoisotopic (exact) mass is 86.1 g/mol. The van der Waals surface area contributed by atoms with Gasteiger partial charge in [0, 0.05) is 13.0 Å². The first-order valence-corrected chi connectivity index (χ1v) is 1.64. The lowest BCUT2D eigenvalue weighted by Gasteiger charge is -1.85. The second-order valence-electron chi connectivity index (χ2n) is 0.895. The predicted molar refractivity (Wildman–Crippen MR) is 25.3 cm³/mol. The Morgan fingerprint density at radius 1 is 1.83 bits per heavy atom. The second-order valence-corrected chi connectivity index (χ2v) is 0.895. The molecule has 0 unspecified atom stereocenters. The molecule has 3 nitrogen and oxygen atoms in total. The Bertz CT molecular complexity index is 50.0. The number of hydrogen-bond acceptors (Lipinski definition) is 2. The van der Waals surface area contributed by atoms with E-state index in [2.05, 4.69) is 0 Å². The van der Waals surface area contributed by atoms with Gasteiger partial charge >= 0.3 is 0 Å². The van der Waals surface area contributed by atoms with E-state index in [1.807, 2.05) is 0 Å². The lowest BCUT2D eigenvalue weighted by atomic mass is 10.4. The van der Waals surface area contributed by atoms with Crippen LogP contribution in [0.5, 0.6) is 0 Å². The van der Waals surface area contributed by atoms with Crippen LogP contribution in [0.15, 0.2) is 0 Å². The molecule has 6 heavy (non-hydrogen) atoms. The molecule has 0 aromatic carbocycles. The van der Waals surface area contributed by atoms with E-state index < -0.39 is 0 Å². The summed E-state index contributed by atoms with van der Waals surface area (Å²) in [6, 6.07) is 0. The van der Waals surface area contributed by atoms with Gasteiger partial charge in [-0.3, -0.25) is 5.41 Å². The van der Waals surface area contributed by atoms with Gasteiger partial charge in [0.2, 0.25) is 0 Å². The van der Waals surface area contributed by atoms with Crippen molar-refractivity contribution in [3.05, 3.63) is 6.42 Å². The molecule has 35 valence electrons. The summed E-state index contributed by atoms with van der Waals surface area (Å²) in [6.45, 7) is 0.356. The highest BCUT2D eigenvalue weighted by molar-refractivity contribution is 5.85. The number of nitrogens with two attached hydrogens (primary N) is 2. The van der Waals surface area contributed by atoms with E-state index in [4.69, 9.17) is 16.9 Å². The highest BCUT2D eigenvalue weighted by Crippen LogP contribution is 1.62. The summed E-state index contributed by atoms with van der Waals surface area (Å²) in [6.07, 6.45) is 1.43. The maximum absolute atomic E-state index is 6.54. The highest BCUT2D eigenvalue weighted by Gasteiger charge is 1.80. The molecule has 0 fully saturated rings. The quantitative estimate of drug-likeness (QED) is 0.300. The maximum Gasteiger partial charge on any atom is 0.0957 e. The van der Waals surface area contributed by atoms with Crippen molar-refractivity contribution >= 4 is 5.84 Å². The lowest BCUT2D eigenvalue weighted by molar-refractivity contribution is 1.19. The van der Waals surface area contributed by atoms with Crippen LogP contribution in [-0.4, -0.2) is 12.4 Å². The van der Waals surface area contributed by atoms with E-state index in [0.717, 1.165) is 0 Å². The molecule has 3 heteroatoms. The van der Waals surface area contributed by atoms with Crippen molar-refractivity contribution in [2.24, 2.45) is 11.5 Å². The van der Waals surface area contributed by atoms with Gasteiger partial charge < -0.3 is 11.5 Å². The zero-order valence-electron chi connectivity index (χ0n) is 3.44. The van der Waals surface area contributed by atoms with Crippen LogP contribution in [0.1, 0.15) is 0 Å². The molecule has 0 spiro atoms. The number of amidine groups is 1. The van der Waals surface area contributed by atoms with Crippen molar-refractivity contribution in [2.45, 2.75) is 0 Å². The molecular weight excluding hydrogens is 78.1 g/mol. The standard InChI is InChI=1S/C3H8N3/c4-2-1-3(5)6/h1H,2,4H2,(H3,5,6). The summed E-state index contributed by atoms with van der Waals surface area (Å²) in [7, 11) is 0. The average Bonchev–Trinajstić information content (AvgIpc) is 1.35. The van der Waals surface area contributed by atoms with Gasteiger partial charge in [0.05, 0.1) is 5.84 Å². The first-order valence-electron chi connectivity index (χ1n) is 1.64. The Kier molecular flexibility index (Phi) is 2.40. The minimum absolute atomic E-state index is 0.0394. The summed E-state index contributed by atoms with van der Waals surface area (Å²) in [5.74, 6) is 0.0394. The van der Waals surface area contributed by atoms with E-state index in [1.165, 1.54) is 6.42 Å². The number of rotatable bonds is 2. The van der Waals surface area contributed by atoms with Crippen LogP contribution in [0.25, 0.3) is 0 Å². The van der Waals surface area contributed by atoms with E-state index in [1.54, 1.807) is 0 Å². The topological polar surface area (TPSA) is 75.9 Å². The molecule has 0 rings (SSSR count). The van der Waals surface area contributed by atoms with Crippen molar-refractivity contribution in [3.63, 3.8) is 0 Å². The van der Waals surface area contributed by atoms with Gasteiger partial charge in [-0.15, -0.1) is 0 Å². The summed E-state index contributed by atoms with van der Waals surface area (Å²) < 4.78 is 0. The molecule has 0 heterocycles. The zero-order valence-corrected chi connectivity index (χ0v) is 3.44. The summed E-state index contributed by atoms with van der Waals surface area (Å²) in [4.78, 5) is 0. The van der Waals surface area contributed by atoms with Crippen LogP contribution < -0.4 is 11.5 Å². The van der Waals surface area contributed by atoms with Crippen molar-refractivity contribution in [3.8, 4) is 0 Å². The van der Waals surface area contributed by atoms with Gasteiger partial charge in [-0.25, -0.2) is 0 Å². The molecule has 1 radical (unpaired) electrons. The molecule has 0 atom stereocenters. The fourth-order valence-corrected chi connectivity index (χ4v) is 0.127. The first-order chi connectivity index (χ1) is 2.77. The molecule has 0 aromatic rings. The Hall–Kier alpha value is -0.570. The molecule has 0 bridgehead atoms. The predicted octanol–water partition coefficient (Wildman–Crippen LogP) is -0.915. The fourth-order valence-electron chi connectivity index (χ4n) is 0.127. The van der Waals surface area contributed by atoms with Gasteiger partial charge in [-0.2, -0.15) is 0 Å². The third kappa shape index (κ3) is 3.43. The van der Waals surface area contributed by atoms with Crippen LogP contribution in [0.3, 0.4) is 0 Å². The molecular formula is C3H8N3. The average molecular weight is 86.1 g/mol. The summed E-state index contributed by atoms with van der Waals surface area (Å²) in [5, 5.41) is 6.54. The summed E-state index contributed by atoms with van der Waals surface area (Å²) in [5.41, 5.74) is 9.80.